The number of hydrogen-bond donors (Lipinski definition) is 1. The highest BCUT2D eigenvalue weighted by Gasteiger charge is 2.18. The second kappa shape index (κ2) is 12.1. The lowest BCUT2D eigenvalue weighted by molar-refractivity contribution is 0.0376. The van der Waals surface area contributed by atoms with Gasteiger partial charge in [0.1, 0.15) is 0 Å². The summed E-state index contributed by atoms with van der Waals surface area (Å²) >= 11 is 0. The summed E-state index contributed by atoms with van der Waals surface area (Å²) < 4.78 is 38.3. The van der Waals surface area contributed by atoms with Crippen molar-refractivity contribution in [3.8, 4) is 0 Å². The molecule has 0 spiro atoms. The Labute approximate surface area is 181 Å². The molecular formula is C21H36N4O4S. The molecule has 0 aromatic heterocycles. The van der Waals surface area contributed by atoms with Gasteiger partial charge in [-0.1, -0.05) is 12.1 Å². The van der Waals surface area contributed by atoms with Crippen molar-refractivity contribution in [1.82, 2.24) is 19.4 Å². The summed E-state index contributed by atoms with van der Waals surface area (Å²) in [6.45, 7) is 11.5. The van der Waals surface area contributed by atoms with E-state index in [-0.39, 0.29) is 0 Å². The molecule has 9 heteroatoms. The van der Waals surface area contributed by atoms with Gasteiger partial charge in [0.15, 0.2) is 0 Å². The zero-order valence-electron chi connectivity index (χ0n) is 18.1. The molecule has 2 fully saturated rings. The monoisotopic (exact) mass is 440 g/mol. The number of methoxy groups -OCH3 is 1. The van der Waals surface area contributed by atoms with E-state index < -0.39 is 10.0 Å². The van der Waals surface area contributed by atoms with E-state index in [2.05, 4.69) is 19.4 Å². The third-order valence-electron chi connectivity index (χ3n) is 5.76. The first-order chi connectivity index (χ1) is 14.6. The van der Waals surface area contributed by atoms with E-state index in [0.29, 0.717) is 11.4 Å². The molecule has 30 heavy (non-hydrogen) atoms. The molecule has 0 unspecified atom stereocenters. The Morgan fingerprint density at radius 3 is 2.23 bits per heavy atom. The first-order valence-corrected chi connectivity index (χ1v) is 12.4. The maximum absolute atomic E-state index is 12.5. The topological polar surface area (TPSA) is 74.4 Å². The molecule has 0 aliphatic carbocycles. The summed E-state index contributed by atoms with van der Waals surface area (Å²) in [5, 5.41) is 0. The second-order valence-electron chi connectivity index (χ2n) is 7.96. The average Bonchev–Trinajstić information content (AvgIpc) is 2.77. The highest BCUT2D eigenvalue weighted by atomic mass is 32.2. The van der Waals surface area contributed by atoms with Crippen LogP contribution in [0.2, 0.25) is 0 Å². The van der Waals surface area contributed by atoms with E-state index in [1.807, 2.05) is 12.1 Å². The number of sulfonamides is 1. The van der Waals surface area contributed by atoms with Gasteiger partial charge < -0.3 is 9.47 Å². The van der Waals surface area contributed by atoms with E-state index in [4.69, 9.17) is 9.47 Å². The minimum atomic E-state index is -3.45. The molecule has 2 heterocycles. The van der Waals surface area contributed by atoms with Gasteiger partial charge in [-0.15, -0.1) is 0 Å². The van der Waals surface area contributed by atoms with Gasteiger partial charge in [-0.3, -0.25) is 14.7 Å². The predicted octanol–water partition coefficient (Wildman–Crippen LogP) is 0.451. The molecule has 2 saturated heterocycles. The fourth-order valence-electron chi connectivity index (χ4n) is 3.84. The molecule has 0 radical (unpaired) electrons. The van der Waals surface area contributed by atoms with E-state index in [9.17, 15) is 8.42 Å². The first kappa shape index (κ1) is 23.6. The molecular weight excluding hydrogens is 404 g/mol. The van der Waals surface area contributed by atoms with Crippen LogP contribution in [-0.4, -0.2) is 109 Å². The fourth-order valence-corrected chi connectivity index (χ4v) is 4.92. The van der Waals surface area contributed by atoms with E-state index in [1.54, 1.807) is 19.2 Å². The fraction of sp³-hybridized carbons (Fsp3) is 0.714. The van der Waals surface area contributed by atoms with Gasteiger partial charge >= 0.3 is 0 Å². The number of ether oxygens (including phenoxy) is 2. The number of benzene rings is 1. The smallest absolute Gasteiger partial charge is 0.240 e. The van der Waals surface area contributed by atoms with Crippen LogP contribution >= 0.6 is 0 Å². The maximum atomic E-state index is 12.5. The molecule has 0 atom stereocenters. The second-order valence-corrected chi connectivity index (χ2v) is 9.73. The van der Waals surface area contributed by atoms with Crippen LogP contribution in [0.4, 0.5) is 0 Å². The molecule has 0 bridgehead atoms. The third-order valence-corrected chi connectivity index (χ3v) is 7.24. The van der Waals surface area contributed by atoms with Gasteiger partial charge in [-0.2, -0.15) is 0 Å². The quantitative estimate of drug-likeness (QED) is 0.501. The van der Waals surface area contributed by atoms with Crippen molar-refractivity contribution in [1.29, 1.82) is 0 Å². The number of piperazine rings is 1. The zero-order valence-corrected chi connectivity index (χ0v) is 18.9. The summed E-state index contributed by atoms with van der Waals surface area (Å²) in [4.78, 5) is 7.48. The molecule has 8 nitrogen and oxygen atoms in total. The maximum Gasteiger partial charge on any atom is 0.240 e. The predicted molar refractivity (Wildman–Crippen MR) is 117 cm³/mol. The van der Waals surface area contributed by atoms with Crippen LogP contribution in [0.5, 0.6) is 0 Å². The Hall–Kier alpha value is -1.07. The molecule has 3 rings (SSSR count). The van der Waals surface area contributed by atoms with Gasteiger partial charge in [-0.05, 0) is 30.7 Å². The highest BCUT2D eigenvalue weighted by molar-refractivity contribution is 7.89. The summed E-state index contributed by atoms with van der Waals surface area (Å²) in [6, 6.07) is 7.29. The van der Waals surface area contributed by atoms with Crippen LogP contribution < -0.4 is 4.72 Å². The number of nitrogens with zero attached hydrogens (tertiary/aromatic N) is 3. The number of rotatable bonds is 11. The van der Waals surface area contributed by atoms with Crippen molar-refractivity contribution >= 4 is 10.0 Å². The van der Waals surface area contributed by atoms with Crippen molar-refractivity contribution in [2.75, 3.05) is 85.8 Å². The Bertz CT molecular complexity index is 715. The molecule has 2 aliphatic rings. The average molecular weight is 441 g/mol. The van der Waals surface area contributed by atoms with Crippen molar-refractivity contribution in [3.05, 3.63) is 29.8 Å². The standard InChI is InChI=1S/C21H36N4O4S/c1-28-16-13-24-9-11-25(12-10-24)19-20-3-5-21(6-4-20)30(26,27)22-7-2-8-23-14-17-29-18-15-23/h3-6,22H,2,7-19H2,1H3. The first-order valence-electron chi connectivity index (χ1n) is 10.9. The van der Waals surface area contributed by atoms with E-state index in [1.165, 1.54) is 0 Å². The lowest BCUT2D eigenvalue weighted by atomic mass is 10.2. The SMILES string of the molecule is COCCN1CCN(Cc2ccc(S(=O)(=O)NCCCN3CCOCC3)cc2)CC1. The lowest BCUT2D eigenvalue weighted by Crippen LogP contribution is -2.46. The van der Waals surface area contributed by atoms with Gasteiger partial charge in [0.2, 0.25) is 10.0 Å². The molecule has 0 saturated carbocycles. The van der Waals surface area contributed by atoms with Gasteiger partial charge in [0.05, 0.1) is 24.7 Å². The van der Waals surface area contributed by atoms with Crippen LogP contribution in [-0.2, 0) is 26.0 Å². The Balaban J connectivity index is 1.39. The molecule has 1 N–H and O–H groups in total. The van der Waals surface area contributed by atoms with Gasteiger partial charge in [0, 0.05) is 66.0 Å². The van der Waals surface area contributed by atoms with Crippen molar-refractivity contribution in [2.24, 2.45) is 0 Å². The van der Waals surface area contributed by atoms with Crippen LogP contribution in [0, 0.1) is 0 Å². The molecule has 1 aromatic carbocycles. The van der Waals surface area contributed by atoms with E-state index in [0.717, 1.165) is 90.7 Å². The number of nitrogens with one attached hydrogen (secondary N) is 1. The van der Waals surface area contributed by atoms with Crippen LogP contribution in [0.15, 0.2) is 29.2 Å². The highest BCUT2D eigenvalue weighted by Crippen LogP contribution is 2.13. The zero-order chi connectivity index (χ0) is 21.2. The minimum Gasteiger partial charge on any atom is -0.383 e. The van der Waals surface area contributed by atoms with Crippen molar-refractivity contribution < 1.29 is 17.9 Å². The van der Waals surface area contributed by atoms with E-state index >= 15 is 0 Å². The summed E-state index contributed by atoms with van der Waals surface area (Å²) in [6.07, 6.45) is 0.799. The number of morpholine rings is 1. The lowest BCUT2D eigenvalue weighted by Gasteiger charge is -2.34. The third kappa shape index (κ3) is 7.56. The Kier molecular flexibility index (Phi) is 9.51. The summed E-state index contributed by atoms with van der Waals surface area (Å²) in [7, 11) is -1.72. The van der Waals surface area contributed by atoms with Crippen molar-refractivity contribution in [3.63, 3.8) is 0 Å². The van der Waals surface area contributed by atoms with Crippen LogP contribution in [0.1, 0.15) is 12.0 Å². The van der Waals surface area contributed by atoms with Crippen molar-refractivity contribution in [2.45, 2.75) is 17.9 Å². The van der Waals surface area contributed by atoms with Crippen LogP contribution in [0.3, 0.4) is 0 Å². The van der Waals surface area contributed by atoms with Gasteiger partial charge in [0.25, 0.3) is 0 Å². The summed E-state index contributed by atoms with van der Waals surface area (Å²) in [5.74, 6) is 0. The normalized spacial score (nSPS) is 19.9. The van der Waals surface area contributed by atoms with Crippen LogP contribution in [0.25, 0.3) is 0 Å². The molecule has 1 aromatic rings. The summed E-state index contributed by atoms with van der Waals surface area (Å²) in [5.41, 5.74) is 1.15. The Morgan fingerprint density at radius 2 is 1.57 bits per heavy atom. The largest absolute Gasteiger partial charge is 0.383 e. The minimum absolute atomic E-state index is 0.335. The van der Waals surface area contributed by atoms with Gasteiger partial charge in [-0.25, -0.2) is 13.1 Å². The Morgan fingerprint density at radius 1 is 0.933 bits per heavy atom. The number of hydrogen-bond acceptors (Lipinski definition) is 7. The molecule has 170 valence electrons. The molecule has 0 amide bonds. The molecule has 2 aliphatic heterocycles.